The van der Waals surface area contributed by atoms with Crippen LogP contribution in [-0.4, -0.2) is 49.0 Å². The molecule has 4 atom stereocenters. The summed E-state index contributed by atoms with van der Waals surface area (Å²) in [5, 5.41) is 0. The second-order valence-electron chi connectivity index (χ2n) is 9.44. The van der Waals surface area contributed by atoms with E-state index in [1.807, 2.05) is 42.5 Å². The van der Waals surface area contributed by atoms with Crippen LogP contribution in [0.15, 0.2) is 54.6 Å². The van der Waals surface area contributed by atoms with Crippen LogP contribution in [0.5, 0.6) is 0 Å². The van der Waals surface area contributed by atoms with Gasteiger partial charge in [0.2, 0.25) is 0 Å². The Morgan fingerprint density at radius 1 is 0.970 bits per heavy atom. The topological polar surface area (TPSA) is 60.9 Å². The van der Waals surface area contributed by atoms with Crippen LogP contribution in [0, 0.1) is 0 Å². The van der Waals surface area contributed by atoms with Crippen molar-refractivity contribution in [3.05, 3.63) is 60.2 Å². The number of anilines is 2. The number of carbonyl (C=O) groups excluding carboxylic acids is 3. The van der Waals surface area contributed by atoms with Crippen LogP contribution in [-0.2, 0) is 15.0 Å². The quantitative estimate of drug-likeness (QED) is 0.623. The first-order chi connectivity index (χ1) is 15.8. The maximum Gasteiger partial charge on any atom is 0.262 e. The lowest BCUT2D eigenvalue weighted by molar-refractivity contribution is -0.163. The molecule has 6 nitrogen and oxygen atoms in total. The molecule has 0 aromatic heterocycles. The van der Waals surface area contributed by atoms with Gasteiger partial charge >= 0.3 is 0 Å². The highest BCUT2D eigenvalue weighted by Crippen LogP contribution is 2.67. The minimum absolute atomic E-state index is 0.150. The van der Waals surface area contributed by atoms with Crippen molar-refractivity contribution in [2.45, 2.75) is 54.4 Å². The zero-order chi connectivity index (χ0) is 23.2. The average Bonchev–Trinajstić information content (AvgIpc) is 3.18. The number of nitrogens with zero attached hydrogens (tertiary/aromatic N) is 3. The van der Waals surface area contributed by atoms with Crippen LogP contribution >= 0.6 is 23.5 Å². The van der Waals surface area contributed by atoms with Gasteiger partial charge in [-0.3, -0.25) is 19.3 Å². The first-order valence-corrected chi connectivity index (χ1v) is 12.9. The molecule has 2 aromatic carbocycles. The molecule has 2 bridgehead atoms. The van der Waals surface area contributed by atoms with Crippen molar-refractivity contribution in [2.24, 2.45) is 0 Å². The lowest BCUT2D eigenvalue weighted by Crippen LogP contribution is -2.72. The van der Waals surface area contributed by atoms with Crippen LogP contribution < -0.4 is 4.90 Å². The predicted molar refractivity (Wildman–Crippen MR) is 131 cm³/mol. The molecule has 0 aliphatic carbocycles. The Hall–Kier alpha value is -2.45. The molecule has 0 radical (unpaired) electrons. The van der Waals surface area contributed by atoms with E-state index in [9.17, 15) is 14.4 Å². The number of thioether (sulfide) groups is 2. The standard InChI is InChI=1S/C25H25N3O3S2/c1-4-14-24-15-25-21(30)26(3)23(2,32-22(31)33-25)20(29)28(25)19(24)27(16-10-6-5-7-11-16)18-13-9-8-12-17(18)24/h5-13,19H,4,14-15H2,1-3H3/t19-,23+,24?,25?/m0/s1. The Labute approximate surface area is 201 Å². The molecule has 5 heterocycles. The summed E-state index contributed by atoms with van der Waals surface area (Å²) < 4.78 is -0.169. The van der Waals surface area contributed by atoms with E-state index >= 15 is 0 Å². The molecule has 5 aliphatic rings. The molecule has 0 N–H and O–H groups in total. The summed E-state index contributed by atoms with van der Waals surface area (Å²) in [7, 11) is 1.66. The van der Waals surface area contributed by atoms with Gasteiger partial charge in [0, 0.05) is 30.3 Å². The molecule has 5 aliphatic heterocycles. The summed E-state index contributed by atoms with van der Waals surface area (Å²) in [5.74, 6) is -0.312. The van der Waals surface area contributed by atoms with Gasteiger partial charge in [0.05, 0.1) is 0 Å². The fraction of sp³-hybridized carbons (Fsp3) is 0.400. The third-order valence-electron chi connectivity index (χ3n) is 7.79. The van der Waals surface area contributed by atoms with E-state index in [1.165, 1.54) is 4.90 Å². The summed E-state index contributed by atoms with van der Waals surface area (Å²) in [6, 6.07) is 18.4. The minimum atomic E-state index is -1.25. The van der Waals surface area contributed by atoms with Crippen molar-refractivity contribution in [1.82, 2.24) is 9.80 Å². The largest absolute Gasteiger partial charge is 0.320 e. The molecule has 0 saturated carbocycles. The monoisotopic (exact) mass is 479 g/mol. The zero-order valence-corrected chi connectivity index (χ0v) is 20.4. The summed E-state index contributed by atoms with van der Waals surface area (Å²) >= 11 is 2.01. The van der Waals surface area contributed by atoms with E-state index in [0.29, 0.717) is 6.42 Å². The molecular formula is C25H25N3O3S2. The fourth-order valence-electron chi connectivity index (χ4n) is 6.39. The van der Waals surface area contributed by atoms with Crippen LogP contribution in [0.25, 0.3) is 0 Å². The molecule has 33 heavy (non-hydrogen) atoms. The first-order valence-electron chi connectivity index (χ1n) is 11.3. The normalized spacial score (nSPS) is 34.5. The van der Waals surface area contributed by atoms with Gasteiger partial charge in [-0.05, 0) is 60.6 Å². The van der Waals surface area contributed by atoms with Crippen molar-refractivity contribution in [3.63, 3.8) is 0 Å². The summed E-state index contributed by atoms with van der Waals surface area (Å²) in [4.78, 5) is 44.3. The number of rotatable bonds is 3. The van der Waals surface area contributed by atoms with E-state index in [4.69, 9.17) is 0 Å². The van der Waals surface area contributed by atoms with E-state index < -0.39 is 15.2 Å². The predicted octanol–water partition coefficient (Wildman–Crippen LogP) is 4.92. The van der Waals surface area contributed by atoms with Gasteiger partial charge in [-0.2, -0.15) is 0 Å². The number of piperazine rings is 1. The summed E-state index contributed by atoms with van der Waals surface area (Å²) in [6.07, 6.45) is 1.78. The molecule has 2 aromatic rings. The van der Waals surface area contributed by atoms with Crippen molar-refractivity contribution >= 4 is 51.2 Å². The molecule has 170 valence electrons. The highest BCUT2D eigenvalue weighted by molar-refractivity contribution is 8.40. The Kier molecular flexibility index (Phi) is 4.34. The van der Waals surface area contributed by atoms with Crippen molar-refractivity contribution in [3.8, 4) is 0 Å². The van der Waals surface area contributed by atoms with Crippen molar-refractivity contribution in [2.75, 3.05) is 11.9 Å². The van der Waals surface area contributed by atoms with Gasteiger partial charge in [-0.1, -0.05) is 49.7 Å². The van der Waals surface area contributed by atoms with Gasteiger partial charge in [-0.15, -0.1) is 0 Å². The second kappa shape index (κ2) is 6.79. The van der Waals surface area contributed by atoms with Crippen LogP contribution in [0.1, 0.15) is 38.7 Å². The Bertz CT molecular complexity index is 1210. The number of carbonyl (C=O) groups is 3. The number of amides is 2. The minimum Gasteiger partial charge on any atom is -0.320 e. The third kappa shape index (κ3) is 2.41. The Morgan fingerprint density at radius 3 is 2.39 bits per heavy atom. The number of hydrogen-bond donors (Lipinski definition) is 0. The molecule has 1 spiro atoms. The van der Waals surface area contributed by atoms with Gasteiger partial charge in [0.25, 0.3) is 16.3 Å². The molecule has 7 rings (SSSR count). The van der Waals surface area contributed by atoms with Crippen molar-refractivity contribution < 1.29 is 14.4 Å². The highest BCUT2D eigenvalue weighted by Gasteiger charge is 2.77. The maximum absolute atomic E-state index is 14.2. The lowest BCUT2D eigenvalue weighted by Gasteiger charge is -2.51. The second-order valence-corrected chi connectivity index (χ2v) is 12.3. The molecule has 8 heteroatoms. The molecular weight excluding hydrogens is 454 g/mol. The highest BCUT2D eigenvalue weighted by atomic mass is 32.2. The number of benzene rings is 2. The van der Waals surface area contributed by atoms with Crippen LogP contribution in [0.3, 0.4) is 0 Å². The van der Waals surface area contributed by atoms with E-state index in [1.54, 1.807) is 18.9 Å². The Morgan fingerprint density at radius 2 is 1.67 bits per heavy atom. The maximum atomic E-state index is 14.2. The number of likely N-dealkylation sites (N-methyl/N-ethyl adjacent to an activating group) is 1. The zero-order valence-electron chi connectivity index (χ0n) is 18.8. The Balaban J connectivity index is 1.67. The van der Waals surface area contributed by atoms with E-state index in [0.717, 1.165) is 53.3 Å². The van der Waals surface area contributed by atoms with Crippen LogP contribution in [0.4, 0.5) is 16.2 Å². The SMILES string of the molecule is CCCC12CC34SC(=O)S[C@](C)(C(=O)N3[C@@H]1N(c1ccccc1)c1ccccc12)N(C)C4=O. The van der Waals surface area contributed by atoms with E-state index in [-0.39, 0.29) is 22.4 Å². The average molecular weight is 480 g/mol. The van der Waals surface area contributed by atoms with Crippen LogP contribution in [0.2, 0.25) is 0 Å². The smallest absolute Gasteiger partial charge is 0.262 e. The first kappa shape index (κ1) is 21.1. The van der Waals surface area contributed by atoms with Gasteiger partial charge in [-0.25, -0.2) is 0 Å². The molecule has 4 fully saturated rings. The number of fused-ring (bicyclic) bond motifs is 6. The number of hydrogen-bond acceptors (Lipinski definition) is 6. The van der Waals surface area contributed by atoms with Gasteiger partial charge < -0.3 is 9.80 Å². The fourth-order valence-corrected chi connectivity index (χ4v) is 9.30. The van der Waals surface area contributed by atoms with E-state index in [2.05, 4.69) is 24.0 Å². The summed E-state index contributed by atoms with van der Waals surface area (Å²) in [5.41, 5.74) is 2.75. The molecule has 2 unspecified atom stereocenters. The lowest BCUT2D eigenvalue weighted by atomic mass is 9.74. The molecule has 2 amide bonds. The van der Waals surface area contributed by atoms with Crippen molar-refractivity contribution in [1.29, 1.82) is 0 Å². The summed E-state index contributed by atoms with van der Waals surface area (Å²) in [6.45, 7) is 3.85. The molecule has 4 saturated heterocycles. The number of para-hydroxylation sites is 2. The van der Waals surface area contributed by atoms with Gasteiger partial charge in [0.15, 0.2) is 9.74 Å². The third-order valence-corrected chi connectivity index (χ3v) is 10.3. The van der Waals surface area contributed by atoms with Gasteiger partial charge in [0.1, 0.15) is 6.17 Å².